The van der Waals surface area contributed by atoms with E-state index < -0.39 is 6.10 Å². The molecular formula is C19H29NO3. The van der Waals surface area contributed by atoms with Gasteiger partial charge in [-0.2, -0.15) is 0 Å². The number of benzene rings is 1. The minimum atomic E-state index is -0.408. The molecule has 1 aliphatic rings. The van der Waals surface area contributed by atoms with Gasteiger partial charge in [0.05, 0.1) is 11.7 Å². The smallest absolute Gasteiger partial charge is 0.257 e. The van der Waals surface area contributed by atoms with Gasteiger partial charge in [-0.15, -0.1) is 0 Å². The molecule has 1 amide bonds. The van der Waals surface area contributed by atoms with Gasteiger partial charge in [-0.3, -0.25) is 4.79 Å². The van der Waals surface area contributed by atoms with Gasteiger partial charge in [0.25, 0.3) is 5.91 Å². The van der Waals surface area contributed by atoms with Crippen molar-refractivity contribution in [2.45, 2.75) is 59.0 Å². The lowest BCUT2D eigenvalue weighted by atomic mass is 9.91. The summed E-state index contributed by atoms with van der Waals surface area (Å²) < 4.78 is 0. The Hall–Kier alpha value is -1.55. The first-order valence-electron chi connectivity index (χ1n) is 8.56. The van der Waals surface area contributed by atoms with Crippen molar-refractivity contribution in [2.75, 3.05) is 13.1 Å². The monoisotopic (exact) mass is 319 g/mol. The van der Waals surface area contributed by atoms with Crippen LogP contribution in [0.4, 0.5) is 0 Å². The molecule has 1 heterocycles. The largest absolute Gasteiger partial charge is 0.507 e. The summed E-state index contributed by atoms with van der Waals surface area (Å²) in [7, 11) is 0. The lowest BCUT2D eigenvalue weighted by molar-refractivity contribution is 0.0759. The second-order valence-corrected chi connectivity index (χ2v) is 7.36. The molecule has 0 aliphatic carbocycles. The molecule has 0 saturated carbocycles. The first-order valence-corrected chi connectivity index (χ1v) is 8.56. The average molecular weight is 319 g/mol. The van der Waals surface area contributed by atoms with Crippen molar-refractivity contribution >= 4 is 5.91 Å². The molecule has 2 unspecified atom stereocenters. The third-order valence-corrected chi connectivity index (χ3v) is 4.87. The van der Waals surface area contributed by atoms with Gasteiger partial charge in [0.15, 0.2) is 0 Å². The van der Waals surface area contributed by atoms with E-state index in [9.17, 15) is 15.0 Å². The highest BCUT2D eigenvalue weighted by Gasteiger charge is 2.31. The third kappa shape index (κ3) is 3.69. The van der Waals surface area contributed by atoms with E-state index in [0.717, 1.165) is 17.5 Å². The van der Waals surface area contributed by atoms with Crippen molar-refractivity contribution in [3.8, 4) is 5.75 Å². The average Bonchev–Trinajstić information content (AvgIpc) is 2.96. The quantitative estimate of drug-likeness (QED) is 0.893. The summed E-state index contributed by atoms with van der Waals surface area (Å²) in [5, 5.41) is 20.3. The minimum Gasteiger partial charge on any atom is -0.507 e. The molecule has 128 valence electrons. The van der Waals surface area contributed by atoms with Crippen molar-refractivity contribution in [3.63, 3.8) is 0 Å². The predicted octanol–water partition coefficient (Wildman–Crippen LogP) is 3.48. The number of rotatable bonds is 4. The molecular weight excluding hydrogens is 290 g/mol. The number of carbonyl (C=O) groups excluding carboxylic acids is 1. The molecule has 23 heavy (non-hydrogen) atoms. The number of amides is 1. The van der Waals surface area contributed by atoms with Crippen LogP contribution in [0, 0.1) is 5.92 Å². The normalized spacial score (nSPS) is 19.7. The van der Waals surface area contributed by atoms with Crippen LogP contribution in [-0.4, -0.2) is 40.2 Å². The summed E-state index contributed by atoms with van der Waals surface area (Å²) in [5.74, 6) is 0.552. The number of nitrogens with zero attached hydrogens (tertiary/aromatic N) is 1. The van der Waals surface area contributed by atoms with Gasteiger partial charge in [0.1, 0.15) is 5.75 Å². The molecule has 0 bridgehead atoms. The van der Waals surface area contributed by atoms with Crippen LogP contribution in [0.25, 0.3) is 0 Å². The summed E-state index contributed by atoms with van der Waals surface area (Å²) in [5.41, 5.74) is 2.29. The summed E-state index contributed by atoms with van der Waals surface area (Å²) >= 11 is 0. The fourth-order valence-corrected chi connectivity index (χ4v) is 3.15. The van der Waals surface area contributed by atoms with Crippen LogP contribution in [0.1, 0.15) is 74.4 Å². The zero-order chi connectivity index (χ0) is 17.3. The Balaban J connectivity index is 2.36. The molecule has 0 aromatic heterocycles. The number of likely N-dealkylation sites (tertiary alicyclic amines) is 1. The Morgan fingerprint density at radius 1 is 1.17 bits per heavy atom. The van der Waals surface area contributed by atoms with Crippen molar-refractivity contribution in [3.05, 3.63) is 28.8 Å². The highest BCUT2D eigenvalue weighted by molar-refractivity contribution is 5.97. The standard InChI is InChI=1S/C19H29NO3/c1-11(2)15-8-16(12(3)4)18(22)17(9-15)19(23)20-7-6-14(10-20)13(5)21/h8-9,11-14,21-22H,6-7,10H2,1-5H3. The number of hydrogen-bond donors (Lipinski definition) is 2. The van der Waals surface area contributed by atoms with Crippen LogP contribution in [0.15, 0.2) is 12.1 Å². The van der Waals surface area contributed by atoms with Crippen LogP contribution >= 0.6 is 0 Å². The molecule has 2 rings (SSSR count). The van der Waals surface area contributed by atoms with E-state index >= 15 is 0 Å². The molecule has 4 heteroatoms. The van der Waals surface area contributed by atoms with Crippen LogP contribution in [-0.2, 0) is 0 Å². The maximum absolute atomic E-state index is 12.9. The number of phenolic OH excluding ortho intramolecular Hbond substituents is 1. The van der Waals surface area contributed by atoms with Crippen molar-refractivity contribution in [1.29, 1.82) is 0 Å². The van der Waals surface area contributed by atoms with Gasteiger partial charge in [0, 0.05) is 19.0 Å². The second-order valence-electron chi connectivity index (χ2n) is 7.36. The van der Waals surface area contributed by atoms with E-state index in [-0.39, 0.29) is 23.5 Å². The van der Waals surface area contributed by atoms with Crippen LogP contribution in [0.2, 0.25) is 0 Å². The number of aliphatic hydroxyl groups is 1. The molecule has 0 spiro atoms. The molecule has 2 atom stereocenters. The van der Waals surface area contributed by atoms with Gasteiger partial charge in [-0.1, -0.05) is 33.8 Å². The number of carbonyl (C=O) groups is 1. The zero-order valence-electron chi connectivity index (χ0n) is 14.8. The fraction of sp³-hybridized carbons (Fsp3) is 0.632. The van der Waals surface area contributed by atoms with Crippen LogP contribution in [0.3, 0.4) is 0 Å². The van der Waals surface area contributed by atoms with E-state index in [2.05, 4.69) is 13.8 Å². The highest BCUT2D eigenvalue weighted by atomic mass is 16.3. The van der Waals surface area contributed by atoms with E-state index in [1.54, 1.807) is 11.8 Å². The first kappa shape index (κ1) is 17.8. The van der Waals surface area contributed by atoms with E-state index in [1.807, 2.05) is 26.0 Å². The second kappa shape index (κ2) is 6.91. The number of phenols is 1. The molecule has 0 radical (unpaired) electrons. The molecule has 4 nitrogen and oxygen atoms in total. The van der Waals surface area contributed by atoms with Crippen molar-refractivity contribution in [2.24, 2.45) is 5.92 Å². The molecule has 1 aliphatic heterocycles. The maximum Gasteiger partial charge on any atom is 0.257 e. The molecule has 2 N–H and O–H groups in total. The molecule has 1 saturated heterocycles. The lowest BCUT2D eigenvalue weighted by Crippen LogP contribution is -2.30. The Labute approximate surface area is 139 Å². The molecule has 1 aromatic rings. The molecule has 1 aromatic carbocycles. The number of hydrogen-bond acceptors (Lipinski definition) is 3. The minimum absolute atomic E-state index is 0.106. The van der Waals surface area contributed by atoms with Crippen LogP contribution in [0.5, 0.6) is 5.75 Å². The first-order chi connectivity index (χ1) is 10.7. The van der Waals surface area contributed by atoms with Gasteiger partial charge >= 0.3 is 0 Å². The highest BCUT2D eigenvalue weighted by Crippen LogP contribution is 2.34. The van der Waals surface area contributed by atoms with E-state index in [1.165, 1.54) is 0 Å². The fourth-order valence-electron chi connectivity index (χ4n) is 3.15. The van der Waals surface area contributed by atoms with Gasteiger partial charge in [0.2, 0.25) is 0 Å². The van der Waals surface area contributed by atoms with Gasteiger partial charge in [-0.25, -0.2) is 0 Å². The number of aliphatic hydroxyl groups excluding tert-OH is 1. The number of aromatic hydroxyl groups is 1. The van der Waals surface area contributed by atoms with Crippen molar-refractivity contribution in [1.82, 2.24) is 4.90 Å². The van der Waals surface area contributed by atoms with Gasteiger partial charge < -0.3 is 15.1 Å². The summed E-state index contributed by atoms with van der Waals surface area (Å²) in [6.45, 7) is 11.2. The topological polar surface area (TPSA) is 60.8 Å². The Kier molecular flexibility index (Phi) is 5.35. The Morgan fingerprint density at radius 3 is 2.30 bits per heavy atom. The van der Waals surface area contributed by atoms with E-state index in [4.69, 9.17) is 0 Å². The van der Waals surface area contributed by atoms with Crippen LogP contribution < -0.4 is 0 Å². The Morgan fingerprint density at radius 2 is 1.83 bits per heavy atom. The predicted molar refractivity (Wildman–Crippen MR) is 92.0 cm³/mol. The van der Waals surface area contributed by atoms with Crippen molar-refractivity contribution < 1.29 is 15.0 Å². The lowest BCUT2D eigenvalue weighted by Gasteiger charge is -2.21. The maximum atomic E-state index is 12.9. The SMILES string of the molecule is CC(C)c1cc(C(=O)N2CCC(C(C)O)C2)c(O)c(C(C)C)c1. The summed E-state index contributed by atoms with van der Waals surface area (Å²) in [6, 6.07) is 3.83. The zero-order valence-corrected chi connectivity index (χ0v) is 14.8. The summed E-state index contributed by atoms with van der Waals surface area (Å²) in [4.78, 5) is 14.6. The molecule has 1 fully saturated rings. The van der Waals surface area contributed by atoms with Gasteiger partial charge in [-0.05, 0) is 42.4 Å². The summed E-state index contributed by atoms with van der Waals surface area (Å²) in [6.07, 6.45) is 0.403. The third-order valence-electron chi connectivity index (χ3n) is 4.87. The Bertz CT molecular complexity index is 578. The van der Waals surface area contributed by atoms with E-state index in [0.29, 0.717) is 24.6 Å².